The number of unbranched alkanes of at least 4 members (excludes halogenated alkanes) is 1. The van der Waals surface area contributed by atoms with Crippen molar-refractivity contribution >= 4 is 0 Å². The normalized spacial score (nSPS) is 10.1. The summed E-state index contributed by atoms with van der Waals surface area (Å²) in [5, 5.41) is 12.1. The van der Waals surface area contributed by atoms with Crippen molar-refractivity contribution in [2.75, 3.05) is 6.61 Å². The zero-order valence-corrected chi connectivity index (χ0v) is 8.90. The number of nitrogens with zero attached hydrogens (tertiary/aromatic N) is 3. The minimum absolute atomic E-state index is 0.398. The van der Waals surface area contributed by atoms with Crippen LogP contribution in [0.3, 0.4) is 0 Å². The second-order valence-corrected chi connectivity index (χ2v) is 3.17. The molecule has 0 radical (unpaired) electrons. The van der Waals surface area contributed by atoms with Gasteiger partial charge in [0.1, 0.15) is 6.61 Å². The van der Waals surface area contributed by atoms with Gasteiger partial charge in [-0.25, -0.2) is 0 Å². The first-order valence-electron chi connectivity index (χ1n) is 5.13. The number of rotatable bonds is 7. The monoisotopic (exact) mass is 209 g/mol. The highest BCUT2D eigenvalue weighted by Gasteiger charge is 2.05. The van der Waals surface area contributed by atoms with Gasteiger partial charge in [0.05, 0.1) is 6.07 Å². The van der Waals surface area contributed by atoms with Gasteiger partial charge in [0.25, 0.3) is 0 Å². The first kappa shape index (κ1) is 11.7. The summed E-state index contributed by atoms with van der Waals surface area (Å²) >= 11 is 0. The third-order valence-electron chi connectivity index (χ3n) is 1.77. The molecule has 0 atom stereocenters. The first-order chi connectivity index (χ1) is 7.36. The highest BCUT2D eigenvalue weighted by molar-refractivity contribution is 4.85. The Morgan fingerprint density at radius 3 is 3.13 bits per heavy atom. The summed E-state index contributed by atoms with van der Waals surface area (Å²) in [5.41, 5.74) is 0. The Labute approximate surface area is 89.0 Å². The maximum Gasteiger partial charge on any atom is 0.226 e. The molecular formula is C10H15N3O2. The highest BCUT2D eigenvalue weighted by Crippen LogP contribution is 2.03. The molecule has 0 N–H and O–H groups in total. The molecule has 1 aromatic rings. The Balaban J connectivity index is 2.26. The van der Waals surface area contributed by atoms with E-state index >= 15 is 0 Å². The van der Waals surface area contributed by atoms with Gasteiger partial charge in [-0.1, -0.05) is 12.1 Å². The van der Waals surface area contributed by atoms with Crippen LogP contribution >= 0.6 is 0 Å². The lowest BCUT2D eigenvalue weighted by atomic mass is 10.2. The van der Waals surface area contributed by atoms with Crippen LogP contribution in [0.5, 0.6) is 0 Å². The summed E-state index contributed by atoms with van der Waals surface area (Å²) in [4.78, 5) is 4.14. The van der Waals surface area contributed by atoms with Crippen LogP contribution in [-0.2, 0) is 17.8 Å². The molecule has 1 heterocycles. The third-order valence-corrected chi connectivity index (χ3v) is 1.77. The van der Waals surface area contributed by atoms with E-state index in [1.807, 2.05) is 6.92 Å². The topological polar surface area (TPSA) is 71.9 Å². The summed E-state index contributed by atoms with van der Waals surface area (Å²) in [6, 6.07) is 2.07. The Hall–Kier alpha value is -1.41. The Kier molecular flexibility index (Phi) is 5.41. The Morgan fingerprint density at radius 1 is 1.53 bits per heavy atom. The molecule has 15 heavy (non-hydrogen) atoms. The molecule has 0 amide bonds. The molecule has 0 saturated heterocycles. The predicted molar refractivity (Wildman–Crippen MR) is 52.8 cm³/mol. The van der Waals surface area contributed by atoms with Crippen LogP contribution in [0.4, 0.5) is 0 Å². The second kappa shape index (κ2) is 6.96. The van der Waals surface area contributed by atoms with Crippen molar-refractivity contribution in [3.8, 4) is 6.07 Å². The van der Waals surface area contributed by atoms with Crippen LogP contribution < -0.4 is 0 Å². The fraction of sp³-hybridized carbons (Fsp3) is 0.700. The van der Waals surface area contributed by atoms with Crippen LogP contribution in [0.15, 0.2) is 4.52 Å². The molecule has 0 spiro atoms. The molecule has 82 valence electrons. The van der Waals surface area contributed by atoms with Crippen molar-refractivity contribution in [1.82, 2.24) is 10.1 Å². The van der Waals surface area contributed by atoms with Crippen molar-refractivity contribution in [3.63, 3.8) is 0 Å². The van der Waals surface area contributed by atoms with Gasteiger partial charge in [0, 0.05) is 19.4 Å². The number of hydrogen-bond donors (Lipinski definition) is 0. The van der Waals surface area contributed by atoms with E-state index in [0.29, 0.717) is 37.8 Å². The van der Waals surface area contributed by atoms with E-state index in [2.05, 4.69) is 16.2 Å². The van der Waals surface area contributed by atoms with Gasteiger partial charge in [-0.2, -0.15) is 10.2 Å². The molecular weight excluding hydrogens is 194 g/mol. The van der Waals surface area contributed by atoms with Gasteiger partial charge < -0.3 is 9.26 Å². The molecule has 1 aromatic heterocycles. The molecule has 0 fully saturated rings. The van der Waals surface area contributed by atoms with Gasteiger partial charge in [0.2, 0.25) is 5.89 Å². The minimum atomic E-state index is 0.398. The number of hydrogen-bond acceptors (Lipinski definition) is 5. The van der Waals surface area contributed by atoms with Gasteiger partial charge in [-0.05, 0) is 12.8 Å². The van der Waals surface area contributed by atoms with E-state index in [0.717, 1.165) is 12.8 Å². The van der Waals surface area contributed by atoms with E-state index < -0.39 is 0 Å². The Bertz CT molecular complexity index is 317. The van der Waals surface area contributed by atoms with Crippen molar-refractivity contribution in [3.05, 3.63) is 11.7 Å². The largest absolute Gasteiger partial charge is 0.373 e. The summed E-state index contributed by atoms with van der Waals surface area (Å²) in [7, 11) is 0. The van der Waals surface area contributed by atoms with Crippen molar-refractivity contribution in [2.24, 2.45) is 0 Å². The van der Waals surface area contributed by atoms with Gasteiger partial charge in [-0.15, -0.1) is 0 Å². The third kappa shape index (κ3) is 4.56. The van der Waals surface area contributed by atoms with Crippen LogP contribution in [0.25, 0.3) is 0 Å². The van der Waals surface area contributed by atoms with Crippen LogP contribution in [0.2, 0.25) is 0 Å². The lowest BCUT2D eigenvalue weighted by molar-refractivity contribution is 0.114. The van der Waals surface area contributed by atoms with Crippen LogP contribution in [0, 0.1) is 11.3 Å². The molecule has 0 aliphatic heterocycles. The van der Waals surface area contributed by atoms with Crippen LogP contribution in [0.1, 0.15) is 37.9 Å². The number of nitriles is 1. The SMILES string of the molecule is CCCOCc1noc(CCCC#N)n1. The van der Waals surface area contributed by atoms with Crippen molar-refractivity contribution < 1.29 is 9.26 Å². The summed E-state index contributed by atoms with van der Waals surface area (Å²) < 4.78 is 10.3. The quantitative estimate of drug-likeness (QED) is 0.641. The molecule has 1 rings (SSSR count). The summed E-state index contributed by atoms with van der Waals surface area (Å²) in [6.45, 7) is 3.15. The van der Waals surface area contributed by atoms with E-state index in [4.69, 9.17) is 14.5 Å². The fourth-order valence-electron chi connectivity index (χ4n) is 1.08. The maximum atomic E-state index is 8.36. The molecule has 0 aliphatic carbocycles. The number of ether oxygens (including phenoxy) is 1. The van der Waals surface area contributed by atoms with Crippen molar-refractivity contribution in [1.29, 1.82) is 5.26 Å². The van der Waals surface area contributed by atoms with Gasteiger partial charge in [-0.3, -0.25) is 0 Å². The fourth-order valence-corrected chi connectivity index (χ4v) is 1.08. The number of aryl methyl sites for hydroxylation is 1. The smallest absolute Gasteiger partial charge is 0.226 e. The van der Waals surface area contributed by atoms with E-state index in [1.54, 1.807) is 0 Å². The minimum Gasteiger partial charge on any atom is -0.373 e. The molecule has 0 bridgehead atoms. The lowest BCUT2D eigenvalue weighted by Crippen LogP contribution is -1.96. The number of aromatic nitrogens is 2. The zero-order chi connectivity index (χ0) is 10.9. The average molecular weight is 209 g/mol. The van der Waals surface area contributed by atoms with Crippen molar-refractivity contribution in [2.45, 2.75) is 39.2 Å². The zero-order valence-electron chi connectivity index (χ0n) is 8.90. The Morgan fingerprint density at radius 2 is 2.40 bits per heavy atom. The first-order valence-corrected chi connectivity index (χ1v) is 5.13. The second-order valence-electron chi connectivity index (χ2n) is 3.17. The van der Waals surface area contributed by atoms with E-state index in [9.17, 15) is 0 Å². The van der Waals surface area contributed by atoms with E-state index in [-0.39, 0.29) is 0 Å². The summed E-state index contributed by atoms with van der Waals surface area (Å²) in [6.07, 6.45) is 2.92. The summed E-state index contributed by atoms with van der Waals surface area (Å²) in [5.74, 6) is 1.16. The standard InChI is InChI=1S/C10H15N3O2/c1-2-7-14-8-9-12-10(15-13-9)5-3-4-6-11/h2-5,7-8H2,1H3. The maximum absolute atomic E-state index is 8.36. The molecule has 0 aliphatic rings. The van der Waals surface area contributed by atoms with Crippen LogP contribution in [-0.4, -0.2) is 16.7 Å². The molecule has 5 heteroatoms. The molecule has 0 aromatic carbocycles. The highest BCUT2D eigenvalue weighted by atomic mass is 16.5. The molecule has 5 nitrogen and oxygen atoms in total. The van der Waals surface area contributed by atoms with Gasteiger partial charge in [0.15, 0.2) is 5.82 Å². The molecule has 0 unspecified atom stereocenters. The lowest BCUT2D eigenvalue weighted by Gasteiger charge is -1.95. The molecule has 0 saturated carbocycles. The van der Waals surface area contributed by atoms with E-state index in [1.165, 1.54) is 0 Å². The van der Waals surface area contributed by atoms with Gasteiger partial charge >= 0.3 is 0 Å². The predicted octanol–water partition coefficient (Wildman–Crippen LogP) is 1.84. The average Bonchev–Trinajstić information content (AvgIpc) is 2.67.